The van der Waals surface area contributed by atoms with Gasteiger partial charge in [-0.3, -0.25) is 9.59 Å². The molecule has 1 rings (SSSR count). The third kappa shape index (κ3) is 4.57. The van der Waals surface area contributed by atoms with Crippen molar-refractivity contribution < 1.29 is 14.7 Å². The summed E-state index contributed by atoms with van der Waals surface area (Å²) in [6.07, 6.45) is 1.42. The van der Waals surface area contributed by atoms with E-state index >= 15 is 0 Å². The Hall–Kier alpha value is -2.04. The van der Waals surface area contributed by atoms with Gasteiger partial charge in [0.05, 0.1) is 5.41 Å². The third-order valence-corrected chi connectivity index (χ3v) is 3.59. The first kappa shape index (κ1) is 16.0. The molecule has 0 saturated heterocycles. The standard InChI is InChI=1S/C15H22N2O3/c1-3-15(2,14(19)20)10-17-13(18)9-6-11-4-7-12(16)8-5-11/h4-5,7-8H,3,6,9-10,16H2,1-2H3,(H,17,18)(H,19,20). The van der Waals surface area contributed by atoms with E-state index in [1.165, 1.54) is 0 Å². The van der Waals surface area contributed by atoms with Crippen molar-refractivity contribution in [2.45, 2.75) is 33.1 Å². The van der Waals surface area contributed by atoms with Crippen LogP contribution in [0.15, 0.2) is 24.3 Å². The molecular weight excluding hydrogens is 256 g/mol. The number of anilines is 1. The lowest BCUT2D eigenvalue weighted by atomic mass is 9.87. The SMILES string of the molecule is CCC(C)(CNC(=O)CCc1ccc(N)cc1)C(=O)O. The third-order valence-electron chi connectivity index (χ3n) is 3.59. The summed E-state index contributed by atoms with van der Waals surface area (Å²) in [6.45, 7) is 3.59. The Morgan fingerprint density at radius 2 is 1.90 bits per heavy atom. The molecule has 5 heteroatoms. The zero-order valence-electron chi connectivity index (χ0n) is 12.0. The van der Waals surface area contributed by atoms with Gasteiger partial charge in [-0.05, 0) is 37.5 Å². The first-order valence-corrected chi connectivity index (χ1v) is 6.72. The molecule has 0 aliphatic carbocycles. The van der Waals surface area contributed by atoms with E-state index in [0.717, 1.165) is 5.56 Å². The minimum atomic E-state index is -0.906. The van der Waals surface area contributed by atoms with E-state index < -0.39 is 11.4 Å². The number of nitrogens with one attached hydrogen (secondary N) is 1. The Labute approximate surface area is 119 Å². The van der Waals surface area contributed by atoms with E-state index in [9.17, 15) is 9.59 Å². The number of carbonyl (C=O) groups excluding carboxylic acids is 1. The molecule has 1 unspecified atom stereocenters. The number of aliphatic carboxylic acids is 1. The largest absolute Gasteiger partial charge is 0.481 e. The van der Waals surface area contributed by atoms with Crippen LogP contribution in [0.1, 0.15) is 32.3 Å². The molecule has 0 fully saturated rings. The predicted molar refractivity (Wildman–Crippen MR) is 78.2 cm³/mol. The van der Waals surface area contributed by atoms with Crippen LogP contribution >= 0.6 is 0 Å². The normalized spacial score (nSPS) is 13.5. The predicted octanol–water partition coefficient (Wildman–Crippen LogP) is 1.82. The summed E-state index contributed by atoms with van der Waals surface area (Å²) in [5.74, 6) is -1.03. The Morgan fingerprint density at radius 3 is 2.40 bits per heavy atom. The van der Waals surface area contributed by atoms with Crippen molar-refractivity contribution in [1.29, 1.82) is 0 Å². The fraction of sp³-hybridized carbons (Fsp3) is 0.467. The van der Waals surface area contributed by atoms with Crippen LogP contribution in [0.25, 0.3) is 0 Å². The number of carbonyl (C=O) groups is 2. The van der Waals surface area contributed by atoms with Crippen LogP contribution in [0.4, 0.5) is 5.69 Å². The Bertz CT molecular complexity index is 471. The Balaban J connectivity index is 2.41. The molecule has 0 aliphatic heterocycles. The van der Waals surface area contributed by atoms with E-state index in [1.54, 1.807) is 26.0 Å². The fourth-order valence-electron chi connectivity index (χ4n) is 1.68. The number of benzene rings is 1. The molecule has 0 aromatic heterocycles. The second kappa shape index (κ2) is 6.93. The highest BCUT2D eigenvalue weighted by atomic mass is 16.4. The van der Waals surface area contributed by atoms with Gasteiger partial charge in [0.1, 0.15) is 0 Å². The summed E-state index contributed by atoms with van der Waals surface area (Å²) in [5, 5.41) is 11.8. The van der Waals surface area contributed by atoms with Crippen LogP contribution < -0.4 is 11.1 Å². The number of nitrogen functional groups attached to an aromatic ring is 1. The number of carboxylic acids is 1. The highest BCUT2D eigenvalue weighted by Crippen LogP contribution is 2.19. The zero-order valence-corrected chi connectivity index (χ0v) is 12.0. The van der Waals surface area contributed by atoms with Gasteiger partial charge in [-0.1, -0.05) is 19.1 Å². The van der Waals surface area contributed by atoms with E-state index in [2.05, 4.69) is 5.32 Å². The van der Waals surface area contributed by atoms with Gasteiger partial charge >= 0.3 is 5.97 Å². The molecule has 1 atom stereocenters. The van der Waals surface area contributed by atoms with Gasteiger partial charge in [-0.25, -0.2) is 0 Å². The molecule has 0 saturated carbocycles. The van der Waals surface area contributed by atoms with Crippen LogP contribution in [-0.2, 0) is 16.0 Å². The number of aryl methyl sites for hydroxylation is 1. The molecule has 110 valence electrons. The van der Waals surface area contributed by atoms with E-state index in [0.29, 0.717) is 24.9 Å². The maximum Gasteiger partial charge on any atom is 0.311 e. The van der Waals surface area contributed by atoms with Crippen LogP contribution in [0.3, 0.4) is 0 Å². The van der Waals surface area contributed by atoms with Gasteiger partial charge in [-0.2, -0.15) is 0 Å². The maximum atomic E-state index is 11.7. The van der Waals surface area contributed by atoms with Gasteiger partial charge in [0, 0.05) is 18.7 Å². The van der Waals surface area contributed by atoms with Crippen LogP contribution in [0, 0.1) is 5.41 Å². The molecule has 20 heavy (non-hydrogen) atoms. The minimum Gasteiger partial charge on any atom is -0.481 e. The van der Waals surface area contributed by atoms with Crippen LogP contribution in [0.2, 0.25) is 0 Å². The highest BCUT2D eigenvalue weighted by molar-refractivity contribution is 5.79. The molecule has 1 amide bonds. The van der Waals surface area contributed by atoms with E-state index in [4.69, 9.17) is 10.8 Å². The Morgan fingerprint density at radius 1 is 1.30 bits per heavy atom. The zero-order chi connectivity index (χ0) is 15.2. The molecule has 1 aromatic carbocycles. The topological polar surface area (TPSA) is 92.4 Å². The number of carboxylic acid groups (broad SMARTS) is 1. The monoisotopic (exact) mass is 278 g/mol. The minimum absolute atomic E-state index is 0.136. The summed E-state index contributed by atoms with van der Waals surface area (Å²) < 4.78 is 0. The highest BCUT2D eigenvalue weighted by Gasteiger charge is 2.31. The number of nitrogens with two attached hydrogens (primary N) is 1. The van der Waals surface area contributed by atoms with Crippen LogP contribution in [0.5, 0.6) is 0 Å². The molecule has 0 radical (unpaired) electrons. The van der Waals surface area contributed by atoms with Gasteiger partial charge in [0.25, 0.3) is 0 Å². The summed E-state index contributed by atoms with van der Waals surface area (Å²) in [4.78, 5) is 22.9. The Kier molecular flexibility index (Phi) is 5.55. The van der Waals surface area contributed by atoms with Gasteiger partial charge in [0.2, 0.25) is 5.91 Å². The number of amides is 1. The van der Waals surface area contributed by atoms with Crippen LogP contribution in [-0.4, -0.2) is 23.5 Å². The van der Waals surface area contributed by atoms with Crippen molar-refractivity contribution in [2.24, 2.45) is 5.41 Å². The molecule has 4 N–H and O–H groups in total. The lowest BCUT2D eigenvalue weighted by Gasteiger charge is -2.23. The quantitative estimate of drug-likeness (QED) is 0.663. The molecule has 0 heterocycles. The van der Waals surface area contributed by atoms with Crippen molar-refractivity contribution in [1.82, 2.24) is 5.32 Å². The molecular formula is C15H22N2O3. The second-order valence-electron chi connectivity index (χ2n) is 5.24. The molecule has 0 spiro atoms. The van der Waals surface area contributed by atoms with Crippen molar-refractivity contribution in [3.8, 4) is 0 Å². The lowest BCUT2D eigenvalue weighted by Crippen LogP contribution is -2.40. The molecule has 0 bridgehead atoms. The van der Waals surface area contributed by atoms with Crippen molar-refractivity contribution >= 4 is 17.6 Å². The molecule has 5 nitrogen and oxygen atoms in total. The summed E-state index contributed by atoms with van der Waals surface area (Å²) in [6, 6.07) is 7.36. The fourth-order valence-corrected chi connectivity index (χ4v) is 1.68. The van der Waals surface area contributed by atoms with E-state index in [-0.39, 0.29) is 12.5 Å². The van der Waals surface area contributed by atoms with Crippen molar-refractivity contribution in [3.63, 3.8) is 0 Å². The van der Waals surface area contributed by atoms with Crippen molar-refractivity contribution in [3.05, 3.63) is 29.8 Å². The summed E-state index contributed by atoms with van der Waals surface area (Å²) in [5.41, 5.74) is 6.41. The summed E-state index contributed by atoms with van der Waals surface area (Å²) >= 11 is 0. The molecule has 0 aliphatic rings. The number of rotatable bonds is 7. The smallest absolute Gasteiger partial charge is 0.311 e. The average Bonchev–Trinajstić information content (AvgIpc) is 2.43. The van der Waals surface area contributed by atoms with Crippen molar-refractivity contribution in [2.75, 3.05) is 12.3 Å². The average molecular weight is 278 g/mol. The number of hydrogen-bond acceptors (Lipinski definition) is 3. The van der Waals surface area contributed by atoms with Gasteiger partial charge in [0.15, 0.2) is 0 Å². The first-order valence-electron chi connectivity index (χ1n) is 6.72. The number of hydrogen-bond donors (Lipinski definition) is 3. The lowest BCUT2D eigenvalue weighted by molar-refractivity contribution is -0.148. The first-order chi connectivity index (χ1) is 9.37. The van der Waals surface area contributed by atoms with E-state index in [1.807, 2.05) is 12.1 Å². The van der Waals surface area contributed by atoms with Gasteiger partial charge < -0.3 is 16.2 Å². The second-order valence-corrected chi connectivity index (χ2v) is 5.24. The maximum absolute atomic E-state index is 11.7. The molecule has 1 aromatic rings. The van der Waals surface area contributed by atoms with Gasteiger partial charge in [-0.15, -0.1) is 0 Å². The summed E-state index contributed by atoms with van der Waals surface area (Å²) in [7, 11) is 0.